The number of aromatic nitrogens is 2. The van der Waals surface area contributed by atoms with E-state index < -0.39 is 0 Å². The fraction of sp³-hybridized carbons (Fsp3) is 0.500. The second kappa shape index (κ2) is 8.79. The normalized spacial score (nSPS) is 15.9. The molecule has 1 unspecified atom stereocenters. The van der Waals surface area contributed by atoms with Crippen LogP contribution < -0.4 is 5.32 Å². The number of morpholine rings is 1. The molecule has 0 bridgehead atoms. The molecule has 1 saturated heterocycles. The zero-order valence-electron chi connectivity index (χ0n) is 14.9. The number of ether oxygens (including phenoxy) is 1. The van der Waals surface area contributed by atoms with Gasteiger partial charge in [-0.1, -0.05) is 48.9 Å². The molecule has 3 rings (SSSR count). The summed E-state index contributed by atoms with van der Waals surface area (Å²) >= 11 is 7.40. The van der Waals surface area contributed by atoms with Crippen molar-refractivity contribution >= 4 is 34.0 Å². The van der Waals surface area contributed by atoms with E-state index in [4.69, 9.17) is 16.3 Å². The minimum atomic E-state index is -0.315. The molecule has 1 fully saturated rings. The number of anilines is 1. The molecule has 0 aliphatic carbocycles. The lowest BCUT2D eigenvalue weighted by atomic mass is 10.0. The number of carbonyl (C=O) groups excluding carboxylic acids is 1. The minimum absolute atomic E-state index is 0.0951. The predicted molar refractivity (Wildman–Crippen MR) is 104 cm³/mol. The number of halogens is 1. The quantitative estimate of drug-likeness (QED) is 0.815. The molecule has 140 valence electrons. The highest BCUT2D eigenvalue weighted by Crippen LogP contribution is 2.22. The van der Waals surface area contributed by atoms with Crippen molar-refractivity contribution in [2.45, 2.75) is 26.3 Å². The van der Waals surface area contributed by atoms with Gasteiger partial charge in [0.2, 0.25) is 11.0 Å². The summed E-state index contributed by atoms with van der Waals surface area (Å²) in [6.07, 6.45) is 0.695. The molecule has 2 heterocycles. The van der Waals surface area contributed by atoms with E-state index >= 15 is 0 Å². The fourth-order valence-electron chi connectivity index (χ4n) is 2.79. The van der Waals surface area contributed by atoms with E-state index in [-0.39, 0.29) is 17.9 Å². The summed E-state index contributed by atoms with van der Waals surface area (Å²) in [7, 11) is 0. The number of benzene rings is 1. The Bertz CT molecular complexity index is 729. The van der Waals surface area contributed by atoms with Gasteiger partial charge in [-0.05, 0) is 23.6 Å². The Labute approximate surface area is 162 Å². The van der Waals surface area contributed by atoms with Crippen LogP contribution in [0.15, 0.2) is 24.3 Å². The Hall–Kier alpha value is -1.70. The van der Waals surface area contributed by atoms with Gasteiger partial charge in [-0.3, -0.25) is 4.79 Å². The molecule has 1 amide bonds. The molecule has 1 aliphatic rings. The third-order valence-corrected chi connectivity index (χ3v) is 5.38. The van der Waals surface area contributed by atoms with Crippen LogP contribution in [0.25, 0.3) is 0 Å². The van der Waals surface area contributed by atoms with Gasteiger partial charge < -0.3 is 15.0 Å². The monoisotopic (exact) mass is 394 g/mol. The molecule has 8 heteroatoms. The molecule has 6 nitrogen and oxygen atoms in total. The van der Waals surface area contributed by atoms with Crippen molar-refractivity contribution < 1.29 is 9.53 Å². The van der Waals surface area contributed by atoms with E-state index in [1.165, 1.54) is 11.3 Å². The van der Waals surface area contributed by atoms with Crippen molar-refractivity contribution in [3.63, 3.8) is 0 Å². The maximum Gasteiger partial charge on any atom is 0.245 e. The second-order valence-electron chi connectivity index (χ2n) is 6.61. The van der Waals surface area contributed by atoms with Gasteiger partial charge in [0, 0.05) is 24.5 Å². The Morgan fingerprint density at radius 1 is 1.27 bits per heavy atom. The Morgan fingerprint density at radius 2 is 1.96 bits per heavy atom. The van der Waals surface area contributed by atoms with Crippen LogP contribution in [-0.2, 0) is 16.0 Å². The van der Waals surface area contributed by atoms with Gasteiger partial charge in [0.05, 0.1) is 13.2 Å². The van der Waals surface area contributed by atoms with Gasteiger partial charge in [0.1, 0.15) is 11.0 Å². The molecule has 1 aromatic carbocycles. The zero-order chi connectivity index (χ0) is 18.5. The van der Waals surface area contributed by atoms with Crippen LogP contribution in [0.4, 0.5) is 5.13 Å². The van der Waals surface area contributed by atoms with E-state index in [0.29, 0.717) is 37.9 Å². The zero-order valence-corrected chi connectivity index (χ0v) is 16.5. The maximum atomic E-state index is 12.8. The fourth-order valence-corrected chi connectivity index (χ4v) is 3.72. The number of amides is 1. The van der Waals surface area contributed by atoms with Gasteiger partial charge in [0.25, 0.3) is 0 Å². The minimum Gasteiger partial charge on any atom is -0.378 e. The number of nitrogens with zero attached hydrogens (tertiary/aromatic N) is 3. The predicted octanol–water partition coefficient (Wildman–Crippen LogP) is 3.08. The van der Waals surface area contributed by atoms with E-state index in [1.54, 1.807) is 0 Å². The van der Waals surface area contributed by atoms with E-state index in [2.05, 4.69) is 15.5 Å². The number of hydrogen-bond acceptors (Lipinski definition) is 6. The molecular formula is C18H23ClN4O2S. The number of hydrogen-bond donors (Lipinski definition) is 1. The van der Waals surface area contributed by atoms with Gasteiger partial charge in [-0.2, -0.15) is 0 Å². The Kier molecular flexibility index (Phi) is 6.45. The molecule has 1 atom stereocenters. The summed E-state index contributed by atoms with van der Waals surface area (Å²) in [5, 5.41) is 14.0. The SMILES string of the molecule is CC(C)C(Nc1nnc(Cc2ccc(Cl)cc2)s1)C(=O)N1CCOCC1. The number of carbonyl (C=O) groups is 1. The molecule has 0 spiro atoms. The van der Waals surface area contributed by atoms with Crippen LogP contribution in [-0.4, -0.2) is 53.3 Å². The molecule has 2 aromatic rings. The molecule has 0 saturated carbocycles. The van der Waals surface area contributed by atoms with Gasteiger partial charge in [-0.25, -0.2) is 0 Å². The average molecular weight is 395 g/mol. The summed E-state index contributed by atoms with van der Waals surface area (Å²) in [5.74, 6) is 0.242. The first-order chi connectivity index (χ1) is 12.5. The van der Waals surface area contributed by atoms with Crippen LogP contribution in [0.1, 0.15) is 24.4 Å². The highest BCUT2D eigenvalue weighted by molar-refractivity contribution is 7.15. The first-order valence-electron chi connectivity index (χ1n) is 8.73. The molecular weight excluding hydrogens is 372 g/mol. The van der Waals surface area contributed by atoms with E-state index in [0.717, 1.165) is 15.6 Å². The van der Waals surface area contributed by atoms with Crippen molar-refractivity contribution in [2.24, 2.45) is 5.92 Å². The Morgan fingerprint density at radius 3 is 2.62 bits per heavy atom. The summed E-state index contributed by atoms with van der Waals surface area (Å²) in [5.41, 5.74) is 1.13. The lowest BCUT2D eigenvalue weighted by Crippen LogP contribution is -2.49. The van der Waals surface area contributed by atoms with Crippen molar-refractivity contribution in [2.75, 3.05) is 31.6 Å². The number of rotatable bonds is 6. The van der Waals surface area contributed by atoms with Crippen LogP contribution in [0.3, 0.4) is 0 Å². The molecule has 1 aliphatic heterocycles. The lowest BCUT2D eigenvalue weighted by Gasteiger charge is -2.32. The third kappa shape index (κ3) is 4.93. The smallest absolute Gasteiger partial charge is 0.245 e. The van der Waals surface area contributed by atoms with Crippen molar-refractivity contribution in [3.8, 4) is 0 Å². The largest absolute Gasteiger partial charge is 0.378 e. The first kappa shape index (κ1) is 19.1. The van der Waals surface area contributed by atoms with Gasteiger partial charge in [0.15, 0.2) is 0 Å². The first-order valence-corrected chi connectivity index (χ1v) is 9.92. The number of nitrogens with one attached hydrogen (secondary N) is 1. The highest BCUT2D eigenvalue weighted by Gasteiger charge is 2.29. The van der Waals surface area contributed by atoms with E-state index in [9.17, 15) is 4.79 Å². The molecule has 0 radical (unpaired) electrons. The van der Waals surface area contributed by atoms with Gasteiger partial charge in [-0.15, -0.1) is 10.2 Å². The van der Waals surface area contributed by atoms with Crippen molar-refractivity contribution in [1.29, 1.82) is 0 Å². The molecule has 1 aromatic heterocycles. The van der Waals surface area contributed by atoms with Gasteiger partial charge >= 0.3 is 0 Å². The van der Waals surface area contributed by atoms with Crippen LogP contribution in [0.5, 0.6) is 0 Å². The standard InChI is InChI=1S/C18H23ClN4O2S/c1-12(2)16(17(24)23-7-9-25-10-8-23)20-18-22-21-15(26-18)11-13-3-5-14(19)6-4-13/h3-6,12,16H,7-11H2,1-2H3,(H,20,22). The summed E-state index contributed by atoms with van der Waals surface area (Å²) in [6, 6.07) is 7.38. The summed E-state index contributed by atoms with van der Waals surface area (Å²) in [4.78, 5) is 14.7. The molecule has 1 N–H and O–H groups in total. The van der Waals surface area contributed by atoms with Crippen LogP contribution in [0, 0.1) is 5.92 Å². The van der Waals surface area contributed by atoms with E-state index in [1.807, 2.05) is 43.0 Å². The average Bonchev–Trinajstić information content (AvgIpc) is 3.09. The van der Waals surface area contributed by atoms with Crippen LogP contribution in [0.2, 0.25) is 5.02 Å². The van der Waals surface area contributed by atoms with Crippen molar-refractivity contribution in [1.82, 2.24) is 15.1 Å². The van der Waals surface area contributed by atoms with Crippen molar-refractivity contribution in [3.05, 3.63) is 39.9 Å². The third-order valence-electron chi connectivity index (χ3n) is 4.27. The molecule has 26 heavy (non-hydrogen) atoms. The summed E-state index contributed by atoms with van der Waals surface area (Å²) in [6.45, 7) is 6.54. The Balaban J connectivity index is 1.65. The highest BCUT2D eigenvalue weighted by atomic mass is 35.5. The van der Waals surface area contributed by atoms with Crippen LogP contribution >= 0.6 is 22.9 Å². The lowest BCUT2D eigenvalue weighted by molar-refractivity contribution is -0.137. The summed E-state index contributed by atoms with van der Waals surface area (Å²) < 4.78 is 5.33. The second-order valence-corrected chi connectivity index (χ2v) is 8.11. The topological polar surface area (TPSA) is 67.4 Å². The maximum absolute atomic E-state index is 12.8.